The predicted molar refractivity (Wildman–Crippen MR) is 80.5 cm³/mol. The van der Waals surface area contributed by atoms with Crippen molar-refractivity contribution in [2.24, 2.45) is 0 Å². The Morgan fingerprint density at radius 3 is 2.10 bits per heavy atom. The summed E-state index contributed by atoms with van der Waals surface area (Å²) >= 11 is 0. The molecule has 0 bridgehead atoms. The van der Waals surface area contributed by atoms with Crippen LogP contribution in [0.4, 0.5) is 17.1 Å². The lowest BCUT2D eigenvalue weighted by Crippen LogP contribution is -2.05. The maximum atomic E-state index is 11.3. The van der Waals surface area contributed by atoms with Gasteiger partial charge in [-0.3, -0.25) is 9.59 Å². The Morgan fingerprint density at radius 2 is 1.50 bits per heavy atom. The first kappa shape index (κ1) is 13.8. The molecular formula is C16H16N2O2. The van der Waals surface area contributed by atoms with Crippen LogP contribution in [0.25, 0.3) is 0 Å². The van der Waals surface area contributed by atoms with Crippen LogP contribution in [0.3, 0.4) is 0 Å². The highest BCUT2D eigenvalue weighted by Crippen LogP contribution is 2.20. The Kier molecular flexibility index (Phi) is 4.15. The number of rotatable bonds is 4. The summed E-state index contributed by atoms with van der Waals surface area (Å²) < 4.78 is 0. The van der Waals surface area contributed by atoms with E-state index in [0.717, 1.165) is 17.1 Å². The van der Waals surface area contributed by atoms with Crippen molar-refractivity contribution in [3.05, 3.63) is 54.1 Å². The number of amides is 1. The first-order chi connectivity index (χ1) is 9.54. The zero-order valence-corrected chi connectivity index (χ0v) is 11.4. The smallest absolute Gasteiger partial charge is 0.221 e. The van der Waals surface area contributed by atoms with Crippen LogP contribution in [0.1, 0.15) is 24.2 Å². The minimum atomic E-state index is -0.0973. The van der Waals surface area contributed by atoms with Crippen molar-refractivity contribution in [3.8, 4) is 0 Å². The van der Waals surface area contributed by atoms with Gasteiger partial charge in [0.1, 0.15) is 0 Å². The normalized spacial score (nSPS) is 9.90. The number of hydrogen-bond donors (Lipinski definition) is 2. The third-order valence-corrected chi connectivity index (χ3v) is 2.76. The lowest BCUT2D eigenvalue weighted by molar-refractivity contribution is -0.114. The van der Waals surface area contributed by atoms with Crippen molar-refractivity contribution in [1.29, 1.82) is 0 Å². The fourth-order valence-electron chi connectivity index (χ4n) is 1.82. The Hall–Kier alpha value is -2.62. The van der Waals surface area contributed by atoms with E-state index in [9.17, 15) is 9.59 Å². The Morgan fingerprint density at radius 1 is 0.850 bits per heavy atom. The summed E-state index contributed by atoms with van der Waals surface area (Å²) in [7, 11) is 0. The molecule has 1 amide bonds. The second-order valence-electron chi connectivity index (χ2n) is 4.52. The summed E-state index contributed by atoms with van der Waals surface area (Å²) in [5.41, 5.74) is 3.16. The predicted octanol–water partition coefficient (Wildman–Crippen LogP) is 3.59. The Balaban J connectivity index is 2.11. The summed E-state index contributed by atoms with van der Waals surface area (Å²) in [4.78, 5) is 22.3. The van der Waals surface area contributed by atoms with Crippen LogP contribution in [-0.4, -0.2) is 11.7 Å². The molecule has 0 unspecified atom stereocenters. The molecule has 0 saturated heterocycles. The van der Waals surface area contributed by atoms with E-state index >= 15 is 0 Å². The molecule has 4 nitrogen and oxygen atoms in total. The second kappa shape index (κ2) is 6.02. The molecule has 2 aromatic rings. The molecule has 0 aliphatic carbocycles. The standard InChI is InChI=1S/C16H16N2O2/c1-11(19)13-4-3-5-16(10-13)18-15-8-6-14(7-9-15)17-12(2)20/h3-10,18H,1-2H3,(H,17,20). The van der Waals surface area contributed by atoms with Gasteiger partial charge in [0.25, 0.3) is 0 Å². The molecule has 2 aromatic carbocycles. The van der Waals surface area contributed by atoms with Gasteiger partial charge in [-0.1, -0.05) is 12.1 Å². The molecule has 0 aromatic heterocycles. The molecule has 0 spiro atoms. The Bertz CT molecular complexity index is 633. The zero-order chi connectivity index (χ0) is 14.5. The molecule has 4 heteroatoms. The van der Waals surface area contributed by atoms with Crippen LogP contribution >= 0.6 is 0 Å². The summed E-state index contributed by atoms with van der Waals surface area (Å²) in [6.07, 6.45) is 0. The number of benzene rings is 2. The van der Waals surface area contributed by atoms with Crippen molar-refractivity contribution in [2.75, 3.05) is 10.6 Å². The molecule has 2 rings (SSSR count). The molecule has 0 heterocycles. The van der Waals surface area contributed by atoms with Crippen LogP contribution in [0.15, 0.2) is 48.5 Å². The van der Waals surface area contributed by atoms with E-state index in [1.165, 1.54) is 6.92 Å². The highest BCUT2D eigenvalue weighted by atomic mass is 16.1. The number of nitrogens with one attached hydrogen (secondary N) is 2. The van der Waals surface area contributed by atoms with Gasteiger partial charge in [-0.25, -0.2) is 0 Å². The van der Waals surface area contributed by atoms with Gasteiger partial charge in [0.2, 0.25) is 5.91 Å². The van der Waals surface area contributed by atoms with Crippen LogP contribution in [0.5, 0.6) is 0 Å². The molecular weight excluding hydrogens is 252 g/mol. The number of ketones is 1. The van der Waals surface area contributed by atoms with E-state index in [0.29, 0.717) is 5.56 Å². The summed E-state index contributed by atoms with van der Waals surface area (Å²) in [5, 5.41) is 5.92. The Labute approximate surface area is 117 Å². The quantitative estimate of drug-likeness (QED) is 0.833. The minimum Gasteiger partial charge on any atom is -0.356 e. The highest BCUT2D eigenvalue weighted by molar-refractivity contribution is 5.95. The molecule has 0 radical (unpaired) electrons. The van der Waals surface area contributed by atoms with Crippen LogP contribution in [-0.2, 0) is 4.79 Å². The second-order valence-corrected chi connectivity index (χ2v) is 4.52. The summed E-state index contributed by atoms with van der Waals surface area (Å²) in [5.74, 6) is -0.0606. The zero-order valence-electron chi connectivity index (χ0n) is 11.4. The van der Waals surface area contributed by atoms with Gasteiger partial charge in [-0.2, -0.15) is 0 Å². The molecule has 0 aliphatic rings. The van der Waals surface area contributed by atoms with Gasteiger partial charge in [-0.15, -0.1) is 0 Å². The molecule has 0 atom stereocenters. The fraction of sp³-hybridized carbons (Fsp3) is 0.125. The average molecular weight is 268 g/mol. The average Bonchev–Trinajstić information content (AvgIpc) is 2.41. The number of anilines is 3. The van der Waals surface area contributed by atoms with Crippen molar-refractivity contribution in [3.63, 3.8) is 0 Å². The molecule has 20 heavy (non-hydrogen) atoms. The topological polar surface area (TPSA) is 58.2 Å². The van der Waals surface area contributed by atoms with Gasteiger partial charge in [-0.05, 0) is 43.3 Å². The maximum Gasteiger partial charge on any atom is 0.221 e. The molecule has 0 saturated carbocycles. The van der Waals surface area contributed by atoms with Crippen molar-refractivity contribution < 1.29 is 9.59 Å². The number of hydrogen-bond acceptors (Lipinski definition) is 3. The van der Waals surface area contributed by atoms with Gasteiger partial charge in [0.15, 0.2) is 5.78 Å². The van der Waals surface area contributed by atoms with E-state index < -0.39 is 0 Å². The SMILES string of the molecule is CC(=O)Nc1ccc(Nc2cccc(C(C)=O)c2)cc1. The van der Waals surface area contributed by atoms with E-state index in [-0.39, 0.29) is 11.7 Å². The third kappa shape index (κ3) is 3.68. The lowest BCUT2D eigenvalue weighted by atomic mass is 10.1. The van der Waals surface area contributed by atoms with Crippen LogP contribution in [0.2, 0.25) is 0 Å². The molecule has 0 aliphatic heterocycles. The van der Waals surface area contributed by atoms with Crippen LogP contribution in [0, 0.1) is 0 Å². The maximum absolute atomic E-state index is 11.3. The minimum absolute atomic E-state index is 0.0367. The van der Waals surface area contributed by atoms with Crippen molar-refractivity contribution in [2.45, 2.75) is 13.8 Å². The van der Waals surface area contributed by atoms with E-state index in [1.54, 1.807) is 13.0 Å². The van der Waals surface area contributed by atoms with Gasteiger partial charge >= 0.3 is 0 Å². The number of carbonyl (C=O) groups is 2. The van der Waals surface area contributed by atoms with Crippen molar-refractivity contribution in [1.82, 2.24) is 0 Å². The number of Topliss-reactive ketones (excluding diaryl/α,β-unsaturated/α-hetero) is 1. The highest BCUT2D eigenvalue weighted by Gasteiger charge is 2.01. The van der Waals surface area contributed by atoms with E-state index in [4.69, 9.17) is 0 Å². The summed E-state index contributed by atoms with van der Waals surface area (Å²) in [6, 6.07) is 14.7. The van der Waals surface area contributed by atoms with Gasteiger partial charge < -0.3 is 10.6 Å². The van der Waals surface area contributed by atoms with Gasteiger partial charge in [0.05, 0.1) is 0 Å². The van der Waals surface area contributed by atoms with Gasteiger partial charge in [0, 0.05) is 29.5 Å². The third-order valence-electron chi connectivity index (χ3n) is 2.76. The fourth-order valence-corrected chi connectivity index (χ4v) is 1.82. The monoisotopic (exact) mass is 268 g/mol. The van der Waals surface area contributed by atoms with E-state index in [1.807, 2.05) is 42.5 Å². The first-order valence-corrected chi connectivity index (χ1v) is 6.30. The first-order valence-electron chi connectivity index (χ1n) is 6.30. The van der Waals surface area contributed by atoms with Crippen molar-refractivity contribution >= 4 is 28.8 Å². The molecule has 0 fully saturated rings. The van der Waals surface area contributed by atoms with E-state index in [2.05, 4.69) is 10.6 Å². The number of carbonyl (C=O) groups excluding carboxylic acids is 2. The molecule has 102 valence electrons. The lowest BCUT2D eigenvalue weighted by Gasteiger charge is -2.08. The molecule has 2 N–H and O–H groups in total. The summed E-state index contributed by atoms with van der Waals surface area (Å²) in [6.45, 7) is 3.01. The largest absolute Gasteiger partial charge is 0.356 e. The van der Waals surface area contributed by atoms with Crippen LogP contribution < -0.4 is 10.6 Å².